The number of halogens is 1. The first-order valence-corrected chi connectivity index (χ1v) is 7.29. The Morgan fingerprint density at radius 1 is 1.47 bits per heavy atom. The highest BCUT2D eigenvalue weighted by Crippen LogP contribution is 2.44. The molecule has 1 atom stereocenters. The Bertz CT molecular complexity index is 559. The number of hydrogen-bond donors (Lipinski definition) is 1. The number of nitrogens with zero attached hydrogens (tertiary/aromatic N) is 2. The topological polar surface area (TPSA) is 43.8 Å². The number of carbonyl (C=O) groups is 1. The number of anilines is 1. The molecular formula is C14H17BrN2O2. The Kier molecular flexibility index (Phi) is 2.96. The van der Waals surface area contributed by atoms with Crippen LogP contribution in [0.25, 0.3) is 0 Å². The summed E-state index contributed by atoms with van der Waals surface area (Å²) in [5.41, 5.74) is 5.21. The lowest BCUT2D eigenvalue weighted by Crippen LogP contribution is -2.34. The van der Waals surface area contributed by atoms with Gasteiger partial charge in [-0.15, -0.1) is 0 Å². The fourth-order valence-electron chi connectivity index (χ4n) is 3.47. The molecule has 0 bridgehead atoms. The third-order valence-electron chi connectivity index (χ3n) is 4.21. The third kappa shape index (κ3) is 1.91. The van der Waals surface area contributed by atoms with Crippen LogP contribution in [0.1, 0.15) is 22.6 Å². The van der Waals surface area contributed by atoms with Crippen molar-refractivity contribution in [2.75, 3.05) is 31.6 Å². The summed E-state index contributed by atoms with van der Waals surface area (Å²) < 4.78 is 1.12. The van der Waals surface area contributed by atoms with Crippen molar-refractivity contribution in [2.45, 2.75) is 19.3 Å². The van der Waals surface area contributed by atoms with E-state index in [4.69, 9.17) is 0 Å². The number of hydrogen-bond acceptors (Lipinski definition) is 2. The van der Waals surface area contributed by atoms with Gasteiger partial charge in [0, 0.05) is 42.8 Å². The molecule has 1 N–H and O–H groups in total. The van der Waals surface area contributed by atoms with E-state index >= 15 is 0 Å². The lowest BCUT2D eigenvalue weighted by molar-refractivity contribution is 0.144. The molecule has 5 heteroatoms. The van der Waals surface area contributed by atoms with Crippen molar-refractivity contribution in [1.29, 1.82) is 0 Å². The zero-order valence-corrected chi connectivity index (χ0v) is 12.7. The Hall–Kier alpha value is -1.23. The highest BCUT2D eigenvalue weighted by Gasteiger charge is 2.35. The van der Waals surface area contributed by atoms with Gasteiger partial charge >= 0.3 is 6.09 Å². The van der Waals surface area contributed by atoms with E-state index in [2.05, 4.69) is 40.9 Å². The predicted octanol–water partition coefficient (Wildman–Crippen LogP) is 2.83. The Labute approximate surface area is 121 Å². The van der Waals surface area contributed by atoms with Gasteiger partial charge in [0.2, 0.25) is 0 Å². The minimum atomic E-state index is -0.809. The zero-order chi connectivity index (χ0) is 13.7. The second-order valence-corrected chi connectivity index (χ2v) is 6.33. The number of benzene rings is 1. The van der Waals surface area contributed by atoms with Gasteiger partial charge in [0.15, 0.2) is 0 Å². The van der Waals surface area contributed by atoms with Crippen molar-refractivity contribution in [1.82, 2.24) is 4.90 Å². The Morgan fingerprint density at radius 2 is 2.21 bits per heavy atom. The standard InChI is InChI=1S/C14H17BrN2O2/c1-8-5-11(15)10-3-4-17(14(18)19)7-9-6-16(2)13(8)12(9)10/h5,9H,3-4,6-7H2,1-2H3,(H,18,19)/t9-/m1/s1. The molecule has 0 spiro atoms. The lowest BCUT2D eigenvalue weighted by atomic mass is 9.93. The quantitative estimate of drug-likeness (QED) is 0.798. The molecule has 2 aliphatic heterocycles. The fourth-order valence-corrected chi connectivity index (χ4v) is 4.23. The summed E-state index contributed by atoms with van der Waals surface area (Å²) in [6.07, 6.45) is -0.0171. The maximum atomic E-state index is 11.3. The van der Waals surface area contributed by atoms with Gasteiger partial charge in [-0.25, -0.2) is 4.79 Å². The maximum Gasteiger partial charge on any atom is 0.407 e. The highest BCUT2D eigenvalue weighted by molar-refractivity contribution is 9.10. The lowest BCUT2D eigenvalue weighted by Gasteiger charge is -2.21. The molecule has 4 nitrogen and oxygen atoms in total. The van der Waals surface area contributed by atoms with Gasteiger partial charge in [-0.05, 0) is 36.1 Å². The van der Waals surface area contributed by atoms with Crippen LogP contribution in [0.5, 0.6) is 0 Å². The van der Waals surface area contributed by atoms with Crippen LogP contribution in [-0.4, -0.2) is 42.8 Å². The van der Waals surface area contributed by atoms with Crippen molar-refractivity contribution >= 4 is 27.7 Å². The van der Waals surface area contributed by atoms with E-state index in [9.17, 15) is 9.90 Å². The van der Waals surface area contributed by atoms with E-state index in [0.29, 0.717) is 19.0 Å². The fraction of sp³-hybridized carbons (Fsp3) is 0.500. The van der Waals surface area contributed by atoms with Gasteiger partial charge in [-0.3, -0.25) is 0 Å². The summed E-state index contributed by atoms with van der Waals surface area (Å²) in [7, 11) is 2.09. The molecule has 0 fully saturated rings. The molecule has 3 rings (SSSR count). The summed E-state index contributed by atoms with van der Waals surface area (Å²) in [4.78, 5) is 15.1. The minimum Gasteiger partial charge on any atom is -0.465 e. The first kappa shape index (κ1) is 12.8. The van der Waals surface area contributed by atoms with E-state index in [-0.39, 0.29) is 0 Å². The van der Waals surface area contributed by atoms with Crippen molar-refractivity contribution < 1.29 is 9.90 Å². The van der Waals surface area contributed by atoms with E-state index in [1.165, 1.54) is 22.4 Å². The summed E-state index contributed by atoms with van der Waals surface area (Å²) in [6.45, 7) is 4.22. The molecule has 1 aromatic rings. The van der Waals surface area contributed by atoms with Gasteiger partial charge in [-0.1, -0.05) is 15.9 Å². The highest BCUT2D eigenvalue weighted by atomic mass is 79.9. The molecular weight excluding hydrogens is 308 g/mol. The minimum absolute atomic E-state index is 0.296. The molecule has 0 aromatic heterocycles. The van der Waals surface area contributed by atoms with Crippen LogP contribution in [0, 0.1) is 6.92 Å². The zero-order valence-electron chi connectivity index (χ0n) is 11.1. The molecule has 0 aliphatic carbocycles. The van der Waals surface area contributed by atoms with Gasteiger partial charge in [0.25, 0.3) is 0 Å². The third-order valence-corrected chi connectivity index (χ3v) is 4.92. The second-order valence-electron chi connectivity index (χ2n) is 5.47. The number of rotatable bonds is 0. The Balaban J connectivity index is 2.13. The number of aryl methyl sites for hydroxylation is 1. The van der Waals surface area contributed by atoms with E-state index in [1.807, 2.05) is 0 Å². The predicted molar refractivity (Wildman–Crippen MR) is 78.2 cm³/mol. The van der Waals surface area contributed by atoms with E-state index < -0.39 is 6.09 Å². The smallest absolute Gasteiger partial charge is 0.407 e. The average molecular weight is 325 g/mol. The van der Waals surface area contributed by atoms with Crippen molar-refractivity contribution in [3.63, 3.8) is 0 Å². The van der Waals surface area contributed by atoms with Gasteiger partial charge < -0.3 is 14.9 Å². The molecule has 0 unspecified atom stereocenters. The van der Waals surface area contributed by atoms with Crippen molar-refractivity contribution in [3.8, 4) is 0 Å². The number of carboxylic acid groups (broad SMARTS) is 1. The van der Waals surface area contributed by atoms with Crippen LogP contribution < -0.4 is 4.90 Å². The Morgan fingerprint density at radius 3 is 2.89 bits per heavy atom. The van der Waals surface area contributed by atoms with Crippen LogP contribution in [0.15, 0.2) is 10.5 Å². The normalized spacial score (nSPS) is 21.3. The van der Waals surface area contributed by atoms with Gasteiger partial charge in [0.1, 0.15) is 0 Å². The van der Waals surface area contributed by atoms with Gasteiger partial charge in [-0.2, -0.15) is 0 Å². The van der Waals surface area contributed by atoms with Crippen LogP contribution in [-0.2, 0) is 6.42 Å². The number of likely N-dealkylation sites (N-methyl/N-ethyl adjacent to an activating group) is 1. The van der Waals surface area contributed by atoms with Crippen molar-refractivity contribution in [3.05, 3.63) is 27.2 Å². The second kappa shape index (κ2) is 4.40. The van der Waals surface area contributed by atoms with Crippen molar-refractivity contribution in [2.24, 2.45) is 0 Å². The molecule has 0 saturated heterocycles. The molecule has 1 amide bonds. The molecule has 2 aliphatic rings. The van der Waals surface area contributed by atoms with Crippen LogP contribution in [0.2, 0.25) is 0 Å². The number of amides is 1. The SMILES string of the molecule is Cc1cc(Br)c2c3c1N(C)C[C@@H]3CN(C(=O)O)CC2. The first-order valence-electron chi connectivity index (χ1n) is 6.50. The summed E-state index contributed by atoms with van der Waals surface area (Å²) >= 11 is 3.65. The molecule has 1 aromatic carbocycles. The largest absolute Gasteiger partial charge is 0.465 e. The summed E-state index contributed by atoms with van der Waals surface area (Å²) in [6, 6.07) is 2.16. The molecule has 19 heavy (non-hydrogen) atoms. The van der Waals surface area contributed by atoms with E-state index in [0.717, 1.165) is 17.4 Å². The van der Waals surface area contributed by atoms with Crippen LogP contribution in [0.4, 0.5) is 10.5 Å². The van der Waals surface area contributed by atoms with Crippen LogP contribution in [0.3, 0.4) is 0 Å². The molecule has 2 heterocycles. The van der Waals surface area contributed by atoms with Gasteiger partial charge in [0.05, 0.1) is 0 Å². The molecule has 102 valence electrons. The molecule has 0 radical (unpaired) electrons. The maximum absolute atomic E-state index is 11.3. The average Bonchev–Trinajstić information content (AvgIpc) is 2.53. The first-order chi connectivity index (χ1) is 8.99. The van der Waals surface area contributed by atoms with E-state index in [1.54, 1.807) is 4.90 Å². The monoisotopic (exact) mass is 324 g/mol. The summed E-state index contributed by atoms with van der Waals surface area (Å²) in [5.74, 6) is 0.296. The van der Waals surface area contributed by atoms with Crippen LogP contribution >= 0.6 is 15.9 Å². The summed E-state index contributed by atoms with van der Waals surface area (Å²) in [5, 5.41) is 9.26. The molecule has 0 saturated carbocycles.